The maximum atomic E-state index is 4.44. The standard InChI is InChI=1S/C12H18N2/c1-9(2)7-14-8-13-11-6-4-5-10(3)12(11)14/h4,6,8-10H,5,7H2,1-3H3. The molecule has 1 heterocycles. The van der Waals surface area contributed by atoms with Crippen LogP contribution in [-0.2, 0) is 6.54 Å². The molecule has 1 aliphatic rings. The van der Waals surface area contributed by atoms with E-state index in [1.165, 1.54) is 11.4 Å². The van der Waals surface area contributed by atoms with Gasteiger partial charge >= 0.3 is 0 Å². The zero-order valence-corrected chi connectivity index (χ0v) is 9.20. The van der Waals surface area contributed by atoms with Crippen molar-refractivity contribution in [2.24, 2.45) is 5.92 Å². The molecule has 76 valence electrons. The van der Waals surface area contributed by atoms with Crippen LogP contribution >= 0.6 is 0 Å². The first kappa shape index (κ1) is 9.50. The van der Waals surface area contributed by atoms with E-state index < -0.39 is 0 Å². The van der Waals surface area contributed by atoms with Crippen LogP contribution in [0.1, 0.15) is 44.5 Å². The molecule has 0 bridgehead atoms. The predicted octanol–water partition coefficient (Wildman–Crippen LogP) is 3.06. The van der Waals surface area contributed by atoms with E-state index in [0.29, 0.717) is 11.8 Å². The average Bonchev–Trinajstić information content (AvgIpc) is 2.49. The highest BCUT2D eigenvalue weighted by Gasteiger charge is 2.18. The molecule has 1 aromatic rings. The SMILES string of the molecule is CC(C)Cn1cnc2c1C(C)CC=C2. The second-order valence-corrected chi connectivity index (χ2v) is 4.60. The van der Waals surface area contributed by atoms with E-state index in [1.807, 2.05) is 6.33 Å². The van der Waals surface area contributed by atoms with Crippen molar-refractivity contribution in [2.75, 3.05) is 0 Å². The Hall–Kier alpha value is -1.05. The highest BCUT2D eigenvalue weighted by molar-refractivity contribution is 5.51. The molecule has 2 heteroatoms. The van der Waals surface area contributed by atoms with Gasteiger partial charge in [-0.1, -0.05) is 26.8 Å². The molecule has 0 amide bonds. The van der Waals surface area contributed by atoms with Gasteiger partial charge in [-0.15, -0.1) is 0 Å². The summed E-state index contributed by atoms with van der Waals surface area (Å²) in [7, 11) is 0. The molecule has 0 radical (unpaired) electrons. The van der Waals surface area contributed by atoms with Gasteiger partial charge in [-0.05, 0) is 18.4 Å². The fourth-order valence-electron chi connectivity index (χ4n) is 2.11. The van der Waals surface area contributed by atoms with Gasteiger partial charge in [0, 0.05) is 18.2 Å². The van der Waals surface area contributed by atoms with Crippen molar-refractivity contribution >= 4 is 6.08 Å². The van der Waals surface area contributed by atoms with Crippen molar-refractivity contribution in [3.05, 3.63) is 23.8 Å². The van der Waals surface area contributed by atoms with Crippen LogP contribution in [0.5, 0.6) is 0 Å². The lowest BCUT2D eigenvalue weighted by Crippen LogP contribution is -2.11. The third-order valence-electron chi connectivity index (χ3n) is 2.70. The highest BCUT2D eigenvalue weighted by Crippen LogP contribution is 2.28. The fraction of sp³-hybridized carbons (Fsp3) is 0.583. The number of nitrogens with zero attached hydrogens (tertiary/aromatic N) is 2. The van der Waals surface area contributed by atoms with Crippen LogP contribution in [0.25, 0.3) is 6.08 Å². The molecule has 0 saturated carbocycles. The molecule has 0 fully saturated rings. The third-order valence-corrected chi connectivity index (χ3v) is 2.70. The molecular formula is C12H18N2. The van der Waals surface area contributed by atoms with Crippen molar-refractivity contribution in [3.63, 3.8) is 0 Å². The van der Waals surface area contributed by atoms with Crippen molar-refractivity contribution in [1.29, 1.82) is 0 Å². The number of hydrogen-bond donors (Lipinski definition) is 0. The lowest BCUT2D eigenvalue weighted by atomic mass is 9.96. The fourth-order valence-corrected chi connectivity index (χ4v) is 2.11. The van der Waals surface area contributed by atoms with Gasteiger partial charge in [-0.25, -0.2) is 4.98 Å². The molecule has 2 nitrogen and oxygen atoms in total. The van der Waals surface area contributed by atoms with Crippen LogP contribution in [0.2, 0.25) is 0 Å². The van der Waals surface area contributed by atoms with Gasteiger partial charge in [-0.2, -0.15) is 0 Å². The van der Waals surface area contributed by atoms with E-state index in [2.05, 4.69) is 42.5 Å². The largest absolute Gasteiger partial charge is 0.333 e. The Morgan fingerprint density at radius 3 is 3.07 bits per heavy atom. The normalized spacial score (nSPS) is 20.1. The molecule has 2 rings (SSSR count). The topological polar surface area (TPSA) is 17.8 Å². The minimum atomic E-state index is 0.622. The van der Waals surface area contributed by atoms with Crippen LogP contribution in [0.3, 0.4) is 0 Å². The van der Waals surface area contributed by atoms with Gasteiger partial charge in [0.1, 0.15) is 0 Å². The first-order chi connectivity index (χ1) is 6.68. The van der Waals surface area contributed by atoms with Crippen molar-refractivity contribution in [3.8, 4) is 0 Å². The average molecular weight is 190 g/mol. The first-order valence-electron chi connectivity index (χ1n) is 5.40. The van der Waals surface area contributed by atoms with E-state index in [-0.39, 0.29) is 0 Å². The Kier molecular flexibility index (Phi) is 2.44. The van der Waals surface area contributed by atoms with Gasteiger partial charge in [-0.3, -0.25) is 0 Å². The van der Waals surface area contributed by atoms with Crippen LogP contribution in [0, 0.1) is 5.92 Å². The maximum Gasteiger partial charge on any atom is 0.0955 e. The second kappa shape index (κ2) is 3.60. The van der Waals surface area contributed by atoms with E-state index in [4.69, 9.17) is 0 Å². The summed E-state index contributed by atoms with van der Waals surface area (Å²) in [6, 6.07) is 0. The summed E-state index contributed by atoms with van der Waals surface area (Å²) in [5.74, 6) is 1.31. The lowest BCUT2D eigenvalue weighted by Gasteiger charge is -2.18. The van der Waals surface area contributed by atoms with E-state index >= 15 is 0 Å². The molecule has 1 aliphatic carbocycles. The zero-order valence-electron chi connectivity index (χ0n) is 9.20. The summed E-state index contributed by atoms with van der Waals surface area (Å²) in [5.41, 5.74) is 2.59. The van der Waals surface area contributed by atoms with Crippen molar-refractivity contribution in [2.45, 2.75) is 39.7 Å². The van der Waals surface area contributed by atoms with Crippen LogP contribution in [0.15, 0.2) is 12.4 Å². The molecular weight excluding hydrogens is 172 g/mol. The highest BCUT2D eigenvalue weighted by atomic mass is 15.1. The molecule has 0 spiro atoms. The van der Waals surface area contributed by atoms with Crippen molar-refractivity contribution in [1.82, 2.24) is 9.55 Å². The number of aromatic nitrogens is 2. The zero-order chi connectivity index (χ0) is 10.1. The van der Waals surface area contributed by atoms with Gasteiger partial charge in [0.05, 0.1) is 12.0 Å². The Labute approximate surface area is 85.7 Å². The Morgan fingerprint density at radius 2 is 2.36 bits per heavy atom. The summed E-state index contributed by atoms with van der Waals surface area (Å²) in [6.45, 7) is 7.85. The van der Waals surface area contributed by atoms with Crippen LogP contribution in [0.4, 0.5) is 0 Å². The molecule has 1 atom stereocenters. The summed E-state index contributed by atoms with van der Waals surface area (Å²) in [5, 5.41) is 0. The summed E-state index contributed by atoms with van der Waals surface area (Å²) in [4.78, 5) is 4.44. The molecule has 0 aromatic carbocycles. The number of imidazole rings is 1. The van der Waals surface area contributed by atoms with Gasteiger partial charge in [0.25, 0.3) is 0 Å². The monoisotopic (exact) mass is 190 g/mol. The molecule has 0 aliphatic heterocycles. The minimum absolute atomic E-state index is 0.622. The molecule has 0 N–H and O–H groups in total. The third kappa shape index (κ3) is 1.61. The Balaban J connectivity index is 2.34. The van der Waals surface area contributed by atoms with E-state index in [0.717, 1.165) is 13.0 Å². The Morgan fingerprint density at radius 1 is 1.57 bits per heavy atom. The predicted molar refractivity (Wildman–Crippen MR) is 59.1 cm³/mol. The quantitative estimate of drug-likeness (QED) is 0.700. The maximum absolute atomic E-state index is 4.44. The number of hydrogen-bond acceptors (Lipinski definition) is 1. The van der Waals surface area contributed by atoms with Crippen LogP contribution < -0.4 is 0 Å². The van der Waals surface area contributed by atoms with Crippen LogP contribution in [-0.4, -0.2) is 9.55 Å². The Bertz CT molecular complexity index is 347. The van der Waals surface area contributed by atoms with E-state index in [9.17, 15) is 0 Å². The van der Waals surface area contributed by atoms with E-state index in [1.54, 1.807) is 0 Å². The smallest absolute Gasteiger partial charge is 0.0955 e. The molecule has 1 unspecified atom stereocenters. The summed E-state index contributed by atoms with van der Waals surface area (Å²) < 4.78 is 2.31. The molecule has 14 heavy (non-hydrogen) atoms. The lowest BCUT2D eigenvalue weighted by molar-refractivity contribution is 0.497. The molecule has 1 aromatic heterocycles. The summed E-state index contributed by atoms with van der Waals surface area (Å²) >= 11 is 0. The first-order valence-corrected chi connectivity index (χ1v) is 5.40. The minimum Gasteiger partial charge on any atom is -0.333 e. The molecule has 0 saturated heterocycles. The van der Waals surface area contributed by atoms with Crippen molar-refractivity contribution < 1.29 is 0 Å². The van der Waals surface area contributed by atoms with Gasteiger partial charge in [0.2, 0.25) is 0 Å². The second-order valence-electron chi connectivity index (χ2n) is 4.60. The summed E-state index contributed by atoms with van der Waals surface area (Å²) in [6.07, 6.45) is 7.50. The number of fused-ring (bicyclic) bond motifs is 1. The number of allylic oxidation sites excluding steroid dienone is 1. The van der Waals surface area contributed by atoms with Gasteiger partial charge < -0.3 is 4.57 Å². The number of rotatable bonds is 2. The van der Waals surface area contributed by atoms with Gasteiger partial charge in [0.15, 0.2) is 0 Å².